The molecule has 1 amide bonds. The van der Waals surface area contributed by atoms with Crippen LogP contribution in [0.25, 0.3) is 0 Å². The van der Waals surface area contributed by atoms with Crippen molar-refractivity contribution < 1.29 is 14.7 Å². The van der Waals surface area contributed by atoms with Crippen molar-refractivity contribution in [2.75, 3.05) is 0 Å². The Morgan fingerprint density at radius 2 is 2.11 bits per heavy atom. The van der Waals surface area contributed by atoms with Crippen molar-refractivity contribution in [2.24, 2.45) is 5.92 Å². The topological polar surface area (TPSA) is 79.3 Å². The standard InChI is InChI=1S/C13H17ClN2O3/c1-8(2)5-12(17)16-10(13(18)19)6-9-3-4-11(14)15-7-9/h3-4,7-8,10H,5-6H2,1-2H3,(H,16,17)(H,18,19)/t10-/m1/s1. The Bertz CT molecular complexity index is 446. The Labute approximate surface area is 117 Å². The van der Waals surface area contributed by atoms with E-state index < -0.39 is 12.0 Å². The number of carboxylic acid groups (broad SMARTS) is 1. The molecular weight excluding hydrogens is 268 g/mol. The van der Waals surface area contributed by atoms with Crippen LogP contribution in [0.4, 0.5) is 0 Å². The molecule has 0 radical (unpaired) electrons. The zero-order chi connectivity index (χ0) is 14.4. The number of carbonyl (C=O) groups excluding carboxylic acids is 1. The van der Waals surface area contributed by atoms with E-state index >= 15 is 0 Å². The maximum absolute atomic E-state index is 11.6. The highest BCUT2D eigenvalue weighted by atomic mass is 35.5. The van der Waals surface area contributed by atoms with Crippen LogP contribution in [0.5, 0.6) is 0 Å². The molecule has 1 aromatic rings. The van der Waals surface area contributed by atoms with Gasteiger partial charge in [0, 0.05) is 19.0 Å². The van der Waals surface area contributed by atoms with Gasteiger partial charge in [0.15, 0.2) is 0 Å². The molecule has 0 saturated heterocycles. The minimum absolute atomic E-state index is 0.184. The molecule has 1 aromatic heterocycles. The summed E-state index contributed by atoms with van der Waals surface area (Å²) in [5.74, 6) is -1.14. The molecule has 0 spiro atoms. The van der Waals surface area contributed by atoms with E-state index in [1.54, 1.807) is 12.1 Å². The summed E-state index contributed by atoms with van der Waals surface area (Å²) in [7, 11) is 0. The van der Waals surface area contributed by atoms with E-state index in [-0.39, 0.29) is 18.2 Å². The van der Waals surface area contributed by atoms with Crippen LogP contribution in [0.15, 0.2) is 18.3 Å². The molecule has 0 aliphatic heterocycles. The van der Waals surface area contributed by atoms with Crippen molar-refractivity contribution in [2.45, 2.75) is 32.7 Å². The SMILES string of the molecule is CC(C)CC(=O)N[C@H](Cc1ccc(Cl)nc1)C(=O)O. The van der Waals surface area contributed by atoms with Crippen LogP contribution in [0.2, 0.25) is 5.15 Å². The number of pyridine rings is 1. The van der Waals surface area contributed by atoms with Gasteiger partial charge in [0.1, 0.15) is 11.2 Å². The second-order valence-corrected chi connectivity index (χ2v) is 5.14. The first-order valence-electron chi connectivity index (χ1n) is 6.01. The summed E-state index contributed by atoms with van der Waals surface area (Å²) in [5.41, 5.74) is 0.710. The van der Waals surface area contributed by atoms with Crippen molar-refractivity contribution in [3.63, 3.8) is 0 Å². The number of nitrogens with zero attached hydrogens (tertiary/aromatic N) is 1. The van der Waals surface area contributed by atoms with Gasteiger partial charge in [-0.05, 0) is 17.5 Å². The summed E-state index contributed by atoms with van der Waals surface area (Å²) in [4.78, 5) is 26.6. The second-order valence-electron chi connectivity index (χ2n) is 4.75. The van der Waals surface area contributed by atoms with Crippen molar-refractivity contribution in [1.82, 2.24) is 10.3 Å². The third kappa shape index (κ3) is 5.70. The first-order chi connectivity index (χ1) is 8.88. The van der Waals surface area contributed by atoms with Gasteiger partial charge in [-0.1, -0.05) is 31.5 Å². The summed E-state index contributed by atoms with van der Waals surface area (Å²) < 4.78 is 0. The third-order valence-corrected chi connectivity index (χ3v) is 2.68. The number of amides is 1. The van der Waals surface area contributed by atoms with Crippen molar-refractivity contribution >= 4 is 23.5 Å². The molecule has 0 aromatic carbocycles. The summed E-state index contributed by atoms with van der Waals surface area (Å²) in [5, 5.41) is 12.0. The summed E-state index contributed by atoms with van der Waals surface area (Å²) in [6.45, 7) is 3.80. The molecule has 2 N–H and O–H groups in total. The van der Waals surface area contributed by atoms with Crippen LogP contribution in [0.1, 0.15) is 25.8 Å². The Morgan fingerprint density at radius 1 is 1.42 bits per heavy atom. The van der Waals surface area contributed by atoms with Crippen LogP contribution in [0, 0.1) is 5.92 Å². The van der Waals surface area contributed by atoms with E-state index in [0.717, 1.165) is 0 Å². The fourth-order valence-corrected chi connectivity index (χ4v) is 1.70. The lowest BCUT2D eigenvalue weighted by atomic mass is 10.1. The van der Waals surface area contributed by atoms with Crippen LogP contribution in [0.3, 0.4) is 0 Å². The van der Waals surface area contributed by atoms with Crippen molar-refractivity contribution in [3.8, 4) is 0 Å². The molecule has 6 heteroatoms. The molecule has 5 nitrogen and oxygen atoms in total. The minimum Gasteiger partial charge on any atom is -0.480 e. The van der Waals surface area contributed by atoms with Gasteiger partial charge in [-0.2, -0.15) is 0 Å². The van der Waals surface area contributed by atoms with E-state index in [9.17, 15) is 9.59 Å². The first kappa shape index (κ1) is 15.4. The Kier molecular flexibility index (Phi) is 5.76. The highest BCUT2D eigenvalue weighted by Gasteiger charge is 2.20. The maximum atomic E-state index is 11.6. The van der Waals surface area contributed by atoms with Gasteiger partial charge in [-0.15, -0.1) is 0 Å². The van der Waals surface area contributed by atoms with E-state index in [1.807, 2.05) is 13.8 Å². The number of carboxylic acids is 1. The molecule has 1 rings (SSSR count). The van der Waals surface area contributed by atoms with Gasteiger partial charge in [-0.25, -0.2) is 9.78 Å². The molecule has 1 heterocycles. The lowest BCUT2D eigenvalue weighted by Gasteiger charge is -2.15. The highest BCUT2D eigenvalue weighted by molar-refractivity contribution is 6.29. The largest absolute Gasteiger partial charge is 0.480 e. The Morgan fingerprint density at radius 3 is 2.58 bits per heavy atom. The van der Waals surface area contributed by atoms with Crippen LogP contribution in [-0.4, -0.2) is 28.0 Å². The number of hydrogen-bond acceptors (Lipinski definition) is 3. The summed E-state index contributed by atoms with van der Waals surface area (Å²) in [6, 6.07) is 2.33. The number of rotatable bonds is 6. The van der Waals surface area contributed by atoms with Gasteiger partial charge in [0.2, 0.25) is 5.91 Å². The van der Waals surface area contributed by atoms with Crippen molar-refractivity contribution in [3.05, 3.63) is 29.0 Å². The molecule has 0 aliphatic rings. The Balaban J connectivity index is 2.65. The van der Waals surface area contributed by atoms with Crippen LogP contribution < -0.4 is 5.32 Å². The molecule has 0 fully saturated rings. The van der Waals surface area contributed by atoms with Gasteiger partial charge in [0.25, 0.3) is 0 Å². The quantitative estimate of drug-likeness (QED) is 0.782. The fraction of sp³-hybridized carbons (Fsp3) is 0.462. The average molecular weight is 285 g/mol. The molecule has 0 bridgehead atoms. The molecular formula is C13H17ClN2O3. The number of halogens is 1. The monoisotopic (exact) mass is 284 g/mol. The molecule has 0 aliphatic carbocycles. The van der Waals surface area contributed by atoms with Gasteiger partial charge in [0.05, 0.1) is 0 Å². The van der Waals surface area contributed by atoms with Crippen molar-refractivity contribution in [1.29, 1.82) is 0 Å². The maximum Gasteiger partial charge on any atom is 0.326 e. The zero-order valence-corrected chi connectivity index (χ0v) is 11.6. The normalized spacial score (nSPS) is 12.2. The molecule has 0 saturated carbocycles. The smallest absolute Gasteiger partial charge is 0.326 e. The molecule has 0 unspecified atom stereocenters. The average Bonchev–Trinajstić information content (AvgIpc) is 2.29. The number of nitrogens with one attached hydrogen (secondary N) is 1. The highest BCUT2D eigenvalue weighted by Crippen LogP contribution is 2.08. The lowest BCUT2D eigenvalue weighted by molar-refractivity contribution is -0.141. The van der Waals surface area contributed by atoms with Gasteiger partial charge in [-0.3, -0.25) is 4.79 Å². The van der Waals surface area contributed by atoms with E-state index in [0.29, 0.717) is 17.1 Å². The van der Waals surface area contributed by atoms with Gasteiger partial charge < -0.3 is 10.4 Å². The number of aliphatic carboxylic acids is 1. The predicted octanol–water partition coefficient (Wildman–Crippen LogP) is 1.89. The lowest BCUT2D eigenvalue weighted by Crippen LogP contribution is -2.42. The van der Waals surface area contributed by atoms with E-state index in [2.05, 4.69) is 10.3 Å². The molecule has 1 atom stereocenters. The first-order valence-corrected chi connectivity index (χ1v) is 6.39. The Hall–Kier alpha value is -1.62. The number of aromatic nitrogens is 1. The van der Waals surface area contributed by atoms with E-state index in [1.165, 1.54) is 6.20 Å². The minimum atomic E-state index is -1.06. The molecule has 19 heavy (non-hydrogen) atoms. The predicted molar refractivity (Wildman–Crippen MR) is 72.0 cm³/mol. The number of carbonyl (C=O) groups is 2. The second kappa shape index (κ2) is 7.09. The third-order valence-electron chi connectivity index (χ3n) is 2.46. The fourth-order valence-electron chi connectivity index (χ4n) is 1.59. The van der Waals surface area contributed by atoms with Crippen LogP contribution in [-0.2, 0) is 16.0 Å². The van der Waals surface area contributed by atoms with E-state index in [4.69, 9.17) is 16.7 Å². The zero-order valence-electron chi connectivity index (χ0n) is 10.9. The summed E-state index contributed by atoms with van der Waals surface area (Å²) >= 11 is 5.66. The summed E-state index contributed by atoms with van der Waals surface area (Å²) in [6.07, 6.45) is 2.00. The molecule has 104 valence electrons. The number of hydrogen-bond donors (Lipinski definition) is 2. The van der Waals surface area contributed by atoms with Gasteiger partial charge >= 0.3 is 5.97 Å². The van der Waals surface area contributed by atoms with Crippen LogP contribution >= 0.6 is 11.6 Å².